The minimum atomic E-state index is 0. The second-order valence-corrected chi connectivity index (χ2v) is 2.06. The van der Waals surface area contributed by atoms with Crippen LogP contribution in [0, 0.1) is 0 Å². The third-order valence-electron chi connectivity index (χ3n) is 1.21. The van der Waals surface area contributed by atoms with E-state index in [-0.39, 0.29) is 18.9 Å². The molecule has 0 aromatic heterocycles. The Bertz CT molecular complexity index is 23.6. The Balaban J connectivity index is 0. The van der Waals surface area contributed by atoms with Crippen LogP contribution in [0.1, 0.15) is 46.0 Å². The Labute approximate surface area is 65.2 Å². The van der Waals surface area contributed by atoms with Gasteiger partial charge < -0.3 is 0 Å². The van der Waals surface area contributed by atoms with E-state index in [9.17, 15) is 0 Å². The zero-order valence-corrected chi connectivity index (χ0v) is 5.54. The van der Waals surface area contributed by atoms with E-state index in [4.69, 9.17) is 0 Å². The van der Waals surface area contributed by atoms with Gasteiger partial charge in [0.25, 0.3) is 0 Å². The van der Waals surface area contributed by atoms with E-state index in [0.717, 1.165) is 0 Å². The summed E-state index contributed by atoms with van der Waals surface area (Å²) in [5.41, 5.74) is 0. The van der Waals surface area contributed by atoms with Crippen molar-refractivity contribution in [2.45, 2.75) is 46.0 Å². The van der Waals surface area contributed by atoms with Crippen molar-refractivity contribution < 1.29 is 0 Å². The predicted octanol–water partition coefficient (Wildman–Crippen LogP) is 2.33. The molecule has 0 N–H and O–H groups in total. The van der Waals surface area contributed by atoms with Crippen molar-refractivity contribution >= 4 is 18.9 Å². The summed E-state index contributed by atoms with van der Waals surface area (Å²) in [4.78, 5) is 0. The summed E-state index contributed by atoms with van der Waals surface area (Å²) in [6, 6.07) is 0. The van der Waals surface area contributed by atoms with E-state index in [0.29, 0.717) is 0 Å². The van der Waals surface area contributed by atoms with Crippen molar-refractivity contribution in [2.75, 3.05) is 0 Å². The molecule has 0 spiro atoms. The first-order chi connectivity index (χ1) is 3.41. The molecular formula is C7H17Li. The third kappa shape index (κ3) is 9.78. The molecular weight excluding hydrogens is 91.0 g/mol. The molecule has 0 aromatic rings. The number of unbranched alkanes of at least 4 members (excludes halogenated alkanes) is 4. The molecule has 0 nitrogen and oxygen atoms in total. The van der Waals surface area contributed by atoms with Crippen molar-refractivity contribution in [3.8, 4) is 0 Å². The van der Waals surface area contributed by atoms with Crippen molar-refractivity contribution in [1.29, 1.82) is 0 Å². The van der Waals surface area contributed by atoms with Gasteiger partial charge in [-0.1, -0.05) is 46.0 Å². The second kappa shape index (κ2) is 10.6. The monoisotopic (exact) mass is 108 g/mol. The van der Waals surface area contributed by atoms with E-state index in [1.807, 2.05) is 0 Å². The fourth-order valence-corrected chi connectivity index (χ4v) is 0.677. The van der Waals surface area contributed by atoms with Crippen LogP contribution in [0.5, 0.6) is 0 Å². The molecule has 0 atom stereocenters. The zero-order chi connectivity index (χ0) is 5.54. The van der Waals surface area contributed by atoms with Gasteiger partial charge in [0.1, 0.15) is 0 Å². The molecule has 1 heteroatoms. The van der Waals surface area contributed by atoms with Gasteiger partial charge in [-0.05, 0) is 0 Å². The molecule has 0 radical (unpaired) electrons. The summed E-state index contributed by atoms with van der Waals surface area (Å²) in [7, 11) is 0. The molecule has 0 saturated heterocycles. The van der Waals surface area contributed by atoms with Crippen LogP contribution < -0.4 is 0 Å². The van der Waals surface area contributed by atoms with E-state index in [2.05, 4.69) is 13.8 Å². The molecule has 0 aromatic carbocycles. The van der Waals surface area contributed by atoms with E-state index >= 15 is 0 Å². The topological polar surface area (TPSA) is 0 Å². The van der Waals surface area contributed by atoms with Crippen LogP contribution in [0.4, 0.5) is 0 Å². The second-order valence-electron chi connectivity index (χ2n) is 2.06. The molecule has 0 aliphatic heterocycles. The molecule has 0 bridgehead atoms. The Morgan fingerprint density at radius 2 is 1.12 bits per heavy atom. The number of rotatable bonds is 4. The van der Waals surface area contributed by atoms with Crippen molar-refractivity contribution in [3.05, 3.63) is 0 Å². The Hall–Kier alpha value is 0.597. The van der Waals surface area contributed by atoms with Gasteiger partial charge in [0.2, 0.25) is 0 Å². The van der Waals surface area contributed by atoms with E-state index < -0.39 is 0 Å². The first kappa shape index (κ1) is 11.4. The molecule has 0 rings (SSSR count). The van der Waals surface area contributed by atoms with Gasteiger partial charge in [0.05, 0.1) is 0 Å². The summed E-state index contributed by atoms with van der Waals surface area (Å²) in [5, 5.41) is 0. The zero-order valence-electron chi connectivity index (χ0n) is 5.54. The van der Waals surface area contributed by atoms with Crippen LogP contribution in [-0.4, -0.2) is 18.9 Å². The first-order valence-corrected chi connectivity index (χ1v) is 3.41. The normalized spacial score (nSPS) is 8.25. The average molecular weight is 108 g/mol. The van der Waals surface area contributed by atoms with Crippen LogP contribution >= 0.6 is 0 Å². The molecule has 0 heterocycles. The third-order valence-corrected chi connectivity index (χ3v) is 1.21. The molecule has 0 aliphatic carbocycles. The quantitative estimate of drug-likeness (QED) is 0.383. The van der Waals surface area contributed by atoms with Crippen molar-refractivity contribution in [2.24, 2.45) is 0 Å². The Kier molecular flexibility index (Phi) is 15.0. The maximum absolute atomic E-state index is 2.25. The maximum atomic E-state index is 2.25. The molecule has 8 heavy (non-hydrogen) atoms. The number of hydrogen-bond acceptors (Lipinski definition) is 0. The van der Waals surface area contributed by atoms with Gasteiger partial charge in [-0.2, -0.15) is 0 Å². The van der Waals surface area contributed by atoms with Gasteiger partial charge in [-0.15, -0.1) is 0 Å². The number of hydrogen-bond donors (Lipinski definition) is 0. The van der Waals surface area contributed by atoms with Crippen molar-refractivity contribution in [1.82, 2.24) is 0 Å². The summed E-state index contributed by atoms with van der Waals surface area (Å²) in [6.07, 6.45) is 7.01. The average Bonchev–Trinajstić information content (AvgIpc) is 1.69. The van der Waals surface area contributed by atoms with Crippen LogP contribution in [0.15, 0.2) is 0 Å². The first-order valence-electron chi connectivity index (χ1n) is 3.41. The molecule has 0 aliphatic rings. The fourth-order valence-electron chi connectivity index (χ4n) is 0.677. The van der Waals surface area contributed by atoms with Crippen LogP contribution in [0.25, 0.3) is 0 Å². The molecule has 0 unspecified atom stereocenters. The summed E-state index contributed by atoms with van der Waals surface area (Å²) >= 11 is 0. The molecule has 46 valence electrons. The van der Waals surface area contributed by atoms with E-state index in [1.54, 1.807) is 0 Å². The van der Waals surface area contributed by atoms with Gasteiger partial charge in [0.15, 0.2) is 0 Å². The van der Waals surface area contributed by atoms with Crippen LogP contribution in [-0.2, 0) is 0 Å². The van der Waals surface area contributed by atoms with Gasteiger partial charge in [-0.3, -0.25) is 0 Å². The molecule has 0 fully saturated rings. The molecule has 0 saturated carbocycles. The minimum absolute atomic E-state index is 0. The van der Waals surface area contributed by atoms with Crippen LogP contribution in [0.3, 0.4) is 0 Å². The molecule has 0 amide bonds. The predicted molar refractivity (Wildman–Crippen MR) is 41.6 cm³/mol. The fraction of sp³-hybridized carbons (Fsp3) is 1.00. The Morgan fingerprint density at radius 1 is 0.750 bits per heavy atom. The van der Waals surface area contributed by atoms with Crippen LogP contribution in [0.2, 0.25) is 0 Å². The van der Waals surface area contributed by atoms with Crippen molar-refractivity contribution in [3.63, 3.8) is 0 Å². The van der Waals surface area contributed by atoms with Gasteiger partial charge in [0, 0.05) is 0 Å². The SMILES string of the molecule is CCCCCCC.[LiH]. The van der Waals surface area contributed by atoms with E-state index in [1.165, 1.54) is 32.1 Å². The summed E-state index contributed by atoms with van der Waals surface area (Å²) in [5.74, 6) is 0. The Morgan fingerprint density at radius 3 is 1.38 bits per heavy atom. The standard InChI is InChI=1S/C7H16.Li.H/c1-3-5-7-6-4-2;;/h3-7H2,1-2H3;;. The van der Waals surface area contributed by atoms with Gasteiger partial charge in [-0.25, -0.2) is 0 Å². The summed E-state index contributed by atoms with van der Waals surface area (Å²) in [6.45, 7) is 4.49. The summed E-state index contributed by atoms with van der Waals surface area (Å²) < 4.78 is 0. The van der Waals surface area contributed by atoms with Gasteiger partial charge >= 0.3 is 18.9 Å².